The summed E-state index contributed by atoms with van der Waals surface area (Å²) in [4.78, 5) is 13.1. The summed E-state index contributed by atoms with van der Waals surface area (Å²) in [5.41, 5.74) is 3.49. The summed E-state index contributed by atoms with van der Waals surface area (Å²) in [6, 6.07) is 6.89. The zero-order valence-corrected chi connectivity index (χ0v) is 13.2. The molecular weight excluding hydrogens is 262 g/mol. The lowest BCUT2D eigenvalue weighted by Crippen LogP contribution is -2.44. The number of nitrogens with zero attached hydrogens (tertiary/aromatic N) is 3. The Morgan fingerprint density at radius 3 is 2.71 bits per heavy atom. The number of nitrogens with one attached hydrogen (secondary N) is 2. The molecule has 0 radical (unpaired) electrons. The minimum absolute atomic E-state index is 0.468. The number of fused-ring (bicyclic) bond motifs is 1. The Bertz CT molecular complexity index is 596. The molecule has 1 aromatic carbocycles. The molecule has 0 atom stereocenters. The fourth-order valence-electron chi connectivity index (χ4n) is 2.76. The van der Waals surface area contributed by atoms with Crippen LogP contribution in [0.2, 0.25) is 0 Å². The average molecular weight is 287 g/mol. The fraction of sp³-hybridized carbons (Fsp3) is 0.562. The van der Waals surface area contributed by atoms with Crippen LogP contribution in [0.5, 0.6) is 0 Å². The molecule has 5 heteroatoms. The topological polar surface area (TPSA) is 47.2 Å². The molecule has 0 unspecified atom stereocenters. The molecule has 0 amide bonds. The predicted molar refractivity (Wildman–Crippen MR) is 87.8 cm³/mol. The van der Waals surface area contributed by atoms with E-state index >= 15 is 0 Å². The molecule has 3 rings (SSSR count). The van der Waals surface area contributed by atoms with E-state index in [0.29, 0.717) is 6.04 Å². The van der Waals surface area contributed by atoms with Crippen molar-refractivity contribution in [3.05, 3.63) is 24.0 Å². The van der Waals surface area contributed by atoms with Crippen molar-refractivity contribution in [2.75, 3.05) is 38.1 Å². The number of aromatic nitrogens is 2. The van der Waals surface area contributed by atoms with Crippen LogP contribution in [0.25, 0.3) is 11.0 Å². The third kappa shape index (κ3) is 3.19. The summed E-state index contributed by atoms with van der Waals surface area (Å²) in [5.74, 6) is 1.01. The third-order valence-corrected chi connectivity index (χ3v) is 4.06. The normalized spacial score (nSPS) is 17.0. The van der Waals surface area contributed by atoms with Crippen LogP contribution in [-0.2, 0) is 6.54 Å². The minimum atomic E-state index is 0.468. The Kier molecular flexibility index (Phi) is 4.12. The van der Waals surface area contributed by atoms with E-state index in [9.17, 15) is 0 Å². The van der Waals surface area contributed by atoms with Crippen molar-refractivity contribution >= 4 is 16.7 Å². The number of rotatable bonds is 4. The van der Waals surface area contributed by atoms with Crippen molar-refractivity contribution < 1.29 is 0 Å². The number of imidazole rings is 1. The maximum atomic E-state index is 4.81. The van der Waals surface area contributed by atoms with Gasteiger partial charge in [-0.15, -0.1) is 0 Å². The summed E-state index contributed by atoms with van der Waals surface area (Å²) >= 11 is 0. The number of aromatic amines is 1. The lowest BCUT2D eigenvalue weighted by Gasteiger charge is -2.34. The first-order valence-corrected chi connectivity index (χ1v) is 7.78. The number of likely N-dealkylation sites (N-methyl/N-ethyl adjacent to an activating group) is 1. The monoisotopic (exact) mass is 287 g/mol. The van der Waals surface area contributed by atoms with Crippen LogP contribution in [0.4, 0.5) is 5.69 Å². The highest BCUT2D eigenvalue weighted by molar-refractivity contribution is 5.89. The second kappa shape index (κ2) is 6.03. The molecule has 0 spiro atoms. The van der Waals surface area contributed by atoms with Crippen molar-refractivity contribution in [3.8, 4) is 0 Å². The minimum Gasteiger partial charge on any atom is -0.367 e. The molecule has 0 saturated carbocycles. The van der Waals surface area contributed by atoms with Gasteiger partial charge in [0.2, 0.25) is 0 Å². The first-order valence-electron chi connectivity index (χ1n) is 7.78. The summed E-state index contributed by atoms with van der Waals surface area (Å²) in [5, 5.41) is 3.41. The van der Waals surface area contributed by atoms with E-state index < -0.39 is 0 Å². The Balaban J connectivity index is 1.85. The second-order valence-electron chi connectivity index (χ2n) is 6.18. The predicted octanol–water partition coefficient (Wildman–Crippen LogP) is 1.81. The number of piperazine rings is 1. The molecule has 0 bridgehead atoms. The van der Waals surface area contributed by atoms with Crippen LogP contribution in [0.15, 0.2) is 18.2 Å². The van der Waals surface area contributed by atoms with Gasteiger partial charge in [-0.25, -0.2) is 4.98 Å². The van der Waals surface area contributed by atoms with E-state index in [4.69, 9.17) is 4.98 Å². The summed E-state index contributed by atoms with van der Waals surface area (Å²) in [6.07, 6.45) is 0. The van der Waals surface area contributed by atoms with Crippen LogP contribution < -0.4 is 10.2 Å². The van der Waals surface area contributed by atoms with Gasteiger partial charge in [0.1, 0.15) is 11.3 Å². The largest absolute Gasteiger partial charge is 0.367 e. The van der Waals surface area contributed by atoms with E-state index in [-0.39, 0.29) is 0 Å². The van der Waals surface area contributed by atoms with Gasteiger partial charge in [-0.2, -0.15) is 0 Å². The van der Waals surface area contributed by atoms with Crippen molar-refractivity contribution in [3.63, 3.8) is 0 Å². The lowest BCUT2D eigenvalue weighted by atomic mass is 10.2. The molecule has 5 nitrogen and oxygen atoms in total. The standard InChI is InChI=1S/C16H25N5/c1-12(2)17-11-15-18-13-5-4-6-14(16(13)19-15)21-9-7-20(3)8-10-21/h4-6,12,17H,7-11H2,1-3H3,(H,18,19). The molecule has 114 valence electrons. The van der Waals surface area contributed by atoms with Gasteiger partial charge in [0.15, 0.2) is 0 Å². The van der Waals surface area contributed by atoms with Gasteiger partial charge in [0, 0.05) is 32.2 Å². The van der Waals surface area contributed by atoms with Crippen LogP contribution in [0.1, 0.15) is 19.7 Å². The van der Waals surface area contributed by atoms with Crippen molar-refractivity contribution in [2.45, 2.75) is 26.4 Å². The summed E-state index contributed by atoms with van der Waals surface area (Å²) in [7, 11) is 2.18. The molecule has 1 saturated heterocycles. The van der Waals surface area contributed by atoms with Gasteiger partial charge < -0.3 is 20.1 Å². The number of hydrogen-bond acceptors (Lipinski definition) is 4. The van der Waals surface area contributed by atoms with Crippen LogP contribution >= 0.6 is 0 Å². The number of H-pyrrole nitrogens is 1. The van der Waals surface area contributed by atoms with Crippen LogP contribution in [-0.4, -0.2) is 54.1 Å². The molecule has 21 heavy (non-hydrogen) atoms. The molecule has 2 aromatic rings. The number of hydrogen-bond donors (Lipinski definition) is 2. The summed E-state index contributed by atoms with van der Waals surface area (Å²) in [6.45, 7) is 9.46. The molecule has 0 aliphatic carbocycles. The molecular formula is C16H25N5. The molecule has 1 aliphatic heterocycles. The molecule has 1 aromatic heterocycles. The number of para-hydroxylation sites is 1. The molecule has 2 heterocycles. The van der Waals surface area contributed by atoms with Gasteiger partial charge in [0.05, 0.1) is 17.7 Å². The number of benzene rings is 1. The Morgan fingerprint density at radius 1 is 1.24 bits per heavy atom. The maximum Gasteiger partial charge on any atom is 0.121 e. The third-order valence-electron chi connectivity index (χ3n) is 4.06. The Labute approximate surface area is 126 Å². The first kappa shape index (κ1) is 14.4. The van der Waals surface area contributed by atoms with Gasteiger partial charge in [0.25, 0.3) is 0 Å². The van der Waals surface area contributed by atoms with Gasteiger partial charge in [-0.05, 0) is 19.2 Å². The highest BCUT2D eigenvalue weighted by Gasteiger charge is 2.17. The SMILES string of the molecule is CC(C)NCc1nc2c(N3CCN(C)CC3)cccc2[nH]1. The molecule has 1 fully saturated rings. The van der Waals surface area contributed by atoms with Gasteiger partial charge >= 0.3 is 0 Å². The zero-order valence-electron chi connectivity index (χ0n) is 13.2. The lowest BCUT2D eigenvalue weighted by molar-refractivity contribution is 0.313. The summed E-state index contributed by atoms with van der Waals surface area (Å²) < 4.78 is 0. The smallest absolute Gasteiger partial charge is 0.121 e. The van der Waals surface area contributed by atoms with Crippen LogP contribution in [0, 0.1) is 0 Å². The fourth-order valence-corrected chi connectivity index (χ4v) is 2.76. The maximum absolute atomic E-state index is 4.81. The van der Waals surface area contributed by atoms with Gasteiger partial charge in [-0.3, -0.25) is 0 Å². The Morgan fingerprint density at radius 2 is 2.00 bits per heavy atom. The van der Waals surface area contributed by atoms with E-state index in [1.165, 1.54) is 5.69 Å². The average Bonchev–Trinajstić information content (AvgIpc) is 2.89. The molecule has 1 aliphatic rings. The second-order valence-corrected chi connectivity index (χ2v) is 6.18. The number of anilines is 1. The quantitative estimate of drug-likeness (QED) is 0.900. The van der Waals surface area contributed by atoms with E-state index in [2.05, 4.69) is 59.2 Å². The van der Waals surface area contributed by atoms with Crippen LogP contribution in [0.3, 0.4) is 0 Å². The van der Waals surface area contributed by atoms with E-state index in [0.717, 1.165) is 49.6 Å². The van der Waals surface area contributed by atoms with Crippen molar-refractivity contribution in [1.82, 2.24) is 20.2 Å². The Hall–Kier alpha value is -1.59. The first-order chi connectivity index (χ1) is 10.1. The van der Waals surface area contributed by atoms with E-state index in [1.807, 2.05) is 0 Å². The zero-order chi connectivity index (χ0) is 14.8. The van der Waals surface area contributed by atoms with E-state index in [1.54, 1.807) is 0 Å². The van der Waals surface area contributed by atoms with Gasteiger partial charge in [-0.1, -0.05) is 19.9 Å². The highest BCUT2D eigenvalue weighted by Crippen LogP contribution is 2.26. The van der Waals surface area contributed by atoms with Crippen molar-refractivity contribution in [2.24, 2.45) is 0 Å². The van der Waals surface area contributed by atoms with Crippen molar-refractivity contribution in [1.29, 1.82) is 0 Å². The molecule has 2 N–H and O–H groups in total. The highest BCUT2D eigenvalue weighted by atomic mass is 15.3.